The smallest absolute Gasteiger partial charge is 0.107 e. The summed E-state index contributed by atoms with van der Waals surface area (Å²) >= 11 is 17.3. The van der Waals surface area contributed by atoms with Crippen molar-refractivity contribution in [2.45, 2.75) is 10.0 Å². The van der Waals surface area contributed by atoms with Gasteiger partial charge in [-0.1, -0.05) is 41.7 Å². The number of alkyl halides is 3. The Morgan fingerprint density at radius 2 is 1.86 bits per heavy atom. The molecule has 0 saturated carbocycles. The van der Waals surface area contributed by atoms with E-state index in [0.29, 0.717) is 0 Å². The number of hydrogen-bond donors (Lipinski definition) is 0. The summed E-state index contributed by atoms with van der Waals surface area (Å²) in [6.07, 6.45) is 0. The molecule has 0 aliphatic rings. The molecule has 0 nitrogen and oxygen atoms in total. The fraction of sp³-hybridized carbons (Fsp3) is 1.00. The normalized spacial score (nSPS) is 12.0. The molecule has 0 aromatic rings. The van der Waals surface area contributed by atoms with E-state index < -0.39 is 3.12 Å². The van der Waals surface area contributed by atoms with Gasteiger partial charge in [0.2, 0.25) is 3.12 Å². The first-order valence-electron chi connectivity index (χ1n) is 1.77. The van der Waals surface area contributed by atoms with E-state index in [-0.39, 0.29) is 0 Å². The van der Waals surface area contributed by atoms with E-state index in [1.54, 1.807) is 0 Å². The first kappa shape index (κ1) is 8.22. The van der Waals surface area contributed by atoms with Crippen LogP contribution in [0, 0.1) is 0 Å². The zero-order valence-corrected chi connectivity index (χ0v) is 6.83. The minimum absolute atomic E-state index is 0.830. The van der Waals surface area contributed by atoms with Gasteiger partial charge in [-0.2, -0.15) is 0 Å². The molecule has 44 valence electrons. The van der Waals surface area contributed by atoms with Crippen molar-refractivity contribution in [2.24, 2.45) is 0 Å². The van der Waals surface area contributed by atoms with Gasteiger partial charge in [0, 0.05) is 0 Å². The van der Waals surface area contributed by atoms with Gasteiger partial charge in [0.1, 0.15) is 0 Å². The third kappa shape index (κ3) is 7.22. The zero-order valence-electron chi connectivity index (χ0n) is 3.75. The molecule has 0 rings (SSSR count). The van der Waals surface area contributed by atoms with Crippen LogP contribution in [0.3, 0.4) is 0 Å². The molecule has 0 aliphatic heterocycles. The SMILES string of the molecule is CCSC(Cl)(Cl)Cl. The second kappa shape index (κ2) is 3.29. The minimum Gasteiger partial charge on any atom is -0.107 e. The first-order valence-corrected chi connectivity index (χ1v) is 3.89. The summed E-state index contributed by atoms with van der Waals surface area (Å²) in [7, 11) is 0. The highest BCUT2D eigenvalue weighted by Gasteiger charge is 2.17. The lowest BCUT2D eigenvalue weighted by atomic mass is 11.0. The lowest BCUT2D eigenvalue weighted by Gasteiger charge is -2.05. The van der Waals surface area contributed by atoms with E-state index in [1.807, 2.05) is 6.92 Å². The van der Waals surface area contributed by atoms with Crippen molar-refractivity contribution in [1.29, 1.82) is 0 Å². The van der Waals surface area contributed by atoms with E-state index in [4.69, 9.17) is 34.8 Å². The van der Waals surface area contributed by atoms with Crippen molar-refractivity contribution in [3.63, 3.8) is 0 Å². The van der Waals surface area contributed by atoms with Crippen molar-refractivity contribution in [3.05, 3.63) is 0 Å². The molecule has 0 aromatic heterocycles. The van der Waals surface area contributed by atoms with E-state index >= 15 is 0 Å². The Hall–Kier alpha value is 1.22. The van der Waals surface area contributed by atoms with Gasteiger partial charge in [-0.05, 0) is 5.75 Å². The molecule has 0 fully saturated rings. The monoisotopic (exact) mass is 178 g/mol. The average Bonchev–Trinajstić information content (AvgIpc) is 1.30. The van der Waals surface area contributed by atoms with Gasteiger partial charge in [-0.3, -0.25) is 0 Å². The van der Waals surface area contributed by atoms with Gasteiger partial charge in [0.05, 0.1) is 0 Å². The summed E-state index contributed by atoms with van der Waals surface area (Å²) in [5.74, 6) is 0.830. The van der Waals surface area contributed by atoms with E-state index in [2.05, 4.69) is 0 Å². The number of hydrogen-bond acceptors (Lipinski definition) is 1. The average molecular weight is 179 g/mol. The predicted molar refractivity (Wildman–Crippen MR) is 38.4 cm³/mol. The molecule has 0 N–H and O–H groups in total. The van der Waals surface area contributed by atoms with Gasteiger partial charge in [0.15, 0.2) is 0 Å². The first-order chi connectivity index (χ1) is 3.06. The highest BCUT2D eigenvalue weighted by atomic mass is 35.6. The Bertz CT molecular complexity index is 48.6. The van der Waals surface area contributed by atoms with Crippen molar-refractivity contribution in [1.82, 2.24) is 0 Å². The van der Waals surface area contributed by atoms with E-state index in [9.17, 15) is 0 Å². The molecule has 0 radical (unpaired) electrons. The van der Waals surface area contributed by atoms with Crippen LogP contribution in [0.15, 0.2) is 0 Å². The molecular weight excluding hydrogens is 174 g/mol. The molecule has 4 heteroatoms. The third-order valence-electron chi connectivity index (χ3n) is 0.308. The van der Waals surface area contributed by atoms with Gasteiger partial charge < -0.3 is 0 Å². The van der Waals surface area contributed by atoms with Crippen LogP contribution < -0.4 is 0 Å². The molecule has 0 spiro atoms. The van der Waals surface area contributed by atoms with Gasteiger partial charge in [-0.15, -0.1) is 11.8 Å². The van der Waals surface area contributed by atoms with Gasteiger partial charge >= 0.3 is 0 Å². The Kier molecular flexibility index (Phi) is 3.86. The molecule has 0 saturated heterocycles. The highest BCUT2D eigenvalue weighted by Crippen LogP contribution is 2.38. The van der Waals surface area contributed by atoms with Crippen LogP contribution in [0.4, 0.5) is 0 Å². The zero-order chi connectivity index (χ0) is 5.91. The van der Waals surface area contributed by atoms with Gasteiger partial charge in [0.25, 0.3) is 0 Å². The van der Waals surface area contributed by atoms with Crippen LogP contribution in [0.2, 0.25) is 0 Å². The van der Waals surface area contributed by atoms with Crippen molar-refractivity contribution in [2.75, 3.05) is 5.75 Å². The second-order valence-corrected chi connectivity index (χ2v) is 5.31. The molecule has 0 aromatic carbocycles. The maximum Gasteiger partial charge on any atom is 0.237 e. The fourth-order valence-corrected chi connectivity index (χ4v) is 1.47. The quantitative estimate of drug-likeness (QED) is 0.558. The second-order valence-electron chi connectivity index (χ2n) is 0.879. The van der Waals surface area contributed by atoms with Crippen LogP contribution in [0.1, 0.15) is 6.92 Å². The Labute approximate surface area is 62.5 Å². The van der Waals surface area contributed by atoms with Crippen LogP contribution in [-0.2, 0) is 0 Å². The highest BCUT2D eigenvalue weighted by molar-refractivity contribution is 8.04. The Morgan fingerprint density at radius 3 is 1.86 bits per heavy atom. The Morgan fingerprint density at radius 1 is 1.43 bits per heavy atom. The number of thioether (sulfide) groups is 1. The Balaban J connectivity index is 3.15. The molecule has 7 heavy (non-hydrogen) atoms. The standard InChI is InChI=1S/C3H5Cl3S/c1-2-7-3(4,5)6/h2H2,1H3. The summed E-state index contributed by atoms with van der Waals surface area (Å²) in [4.78, 5) is 0. The predicted octanol–water partition coefficient (Wildman–Crippen LogP) is 3.07. The van der Waals surface area contributed by atoms with Crippen molar-refractivity contribution in [3.8, 4) is 0 Å². The van der Waals surface area contributed by atoms with Crippen molar-refractivity contribution >= 4 is 46.6 Å². The maximum atomic E-state index is 5.33. The molecular formula is C3H5Cl3S. The maximum absolute atomic E-state index is 5.33. The summed E-state index contributed by atoms with van der Waals surface area (Å²) < 4.78 is -1.12. The fourth-order valence-electron chi connectivity index (χ4n) is 0.164. The number of halogens is 3. The largest absolute Gasteiger partial charge is 0.237 e. The molecule has 0 heterocycles. The molecule has 0 bridgehead atoms. The third-order valence-corrected chi connectivity index (χ3v) is 1.91. The molecule has 0 unspecified atom stereocenters. The van der Waals surface area contributed by atoms with Crippen LogP contribution in [0.25, 0.3) is 0 Å². The van der Waals surface area contributed by atoms with E-state index in [0.717, 1.165) is 5.75 Å². The van der Waals surface area contributed by atoms with Crippen molar-refractivity contribution < 1.29 is 0 Å². The molecule has 0 aliphatic carbocycles. The summed E-state index contributed by atoms with van der Waals surface area (Å²) in [5.41, 5.74) is 0. The minimum atomic E-state index is -1.12. The number of rotatable bonds is 1. The van der Waals surface area contributed by atoms with Crippen LogP contribution in [0.5, 0.6) is 0 Å². The van der Waals surface area contributed by atoms with Crippen LogP contribution in [-0.4, -0.2) is 8.88 Å². The van der Waals surface area contributed by atoms with E-state index in [1.165, 1.54) is 11.8 Å². The molecule has 0 amide bonds. The van der Waals surface area contributed by atoms with Crippen LogP contribution >= 0.6 is 46.6 Å². The summed E-state index contributed by atoms with van der Waals surface area (Å²) in [6, 6.07) is 0. The van der Waals surface area contributed by atoms with Gasteiger partial charge in [-0.25, -0.2) is 0 Å². The lowest BCUT2D eigenvalue weighted by molar-refractivity contribution is 1.51. The lowest BCUT2D eigenvalue weighted by Crippen LogP contribution is -1.92. The molecule has 0 atom stereocenters. The summed E-state index contributed by atoms with van der Waals surface area (Å²) in [6.45, 7) is 1.94. The summed E-state index contributed by atoms with van der Waals surface area (Å²) in [5, 5.41) is 0. The topological polar surface area (TPSA) is 0 Å².